The first kappa shape index (κ1) is 23.1. The van der Waals surface area contributed by atoms with Crippen molar-refractivity contribution in [2.24, 2.45) is 0 Å². The lowest BCUT2D eigenvalue weighted by Crippen LogP contribution is -2.50. The van der Waals surface area contributed by atoms with Gasteiger partial charge in [-0.05, 0) is 35.2 Å². The quantitative estimate of drug-likeness (QED) is 0.529. The van der Waals surface area contributed by atoms with E-state index in [0.29, 0.717) is 25.9 Å². The van der Waals surface area contributed by atoms with Crippen molar-refractivity contribution in [3.8, 4) is 5.75 Å². The molecule has 0 saturated heterocycles. The second-order valence-electron chi connectivity index (χ2n) is 7.73. The maximum absolute atomic E-state index is 13.2. The molecule has 0 aliphatic carbocycles. The van der Waals surface area contributed by atoms with Crippen LogP contribution in [0.4, 0.5) is 0 Å². The van der Waals surface area contributed by atoms with Crippen LogP contribution in [-0.2, 0) is 29.0 Å². The fourth-order valence-electron chi connectivity index (χ4n) is 3.64. The number of hydrogen-bond donors (Lipinski definition) is 1. The zero-order chi connectivity index (χ0) is 22.8. The maximum Gasteiger partial charge on any atom is 0.243 e. The van der Waals surface area contributed by atoms with E-state index in [2.05, 4.69) is 5.32 Å². The fourth-order valence-corrected chi connectivity index (χ4v) is 3.64. The Balaban J connectivity index is 1.72. The molecule has 166 valence electrons. The first-order chi connectivity index (χ1) is 15.6. The summed E-state index contributed by atoms with van der Waals surface area (Å²) >= 11 is 0. The standard InChI is InChI=1S/C27H30N2O3/c1-21(30)29(20-24-11-7-4-8-12-24)26(19-23-9-5-3-6-10-23)27(31)28-18-17-22-13-15-25(32-2)16-14-22/h3-16,26H,17-20H2,1-2H3,(H,28,31)/t26-/m0/s1. The van der Waals surface area contributed by atoms with Crippen molar-refractivity contribution in [3.05, 3.63) is 102 Å². The highest BCUT2D eigenvalue weighted by Gasteiger charge is 2.28. The normalized spacial score (nSPS) is 11.4. The molecule has 5 nitrogen and oxygen atoms in total. The number of carbonyl (C=O) groups excluding carboxylic acids is 2. The van der Waals surface area contributed by atoms with Crippen LogP contribution in [0.15, 0.2) is 84.9 Å². The van der Waals surface area contributed by atoms with Gasteiger partial charge < -0.3 is 15.0 Å². The lowest BCUT2D eigenvalue weighted by molar-refractivity contribution is -0.139. The van der Waals surface area contributed by atoms with E-state index in [1.54, 1.807) is 12.0 Å². The van der Waals surface area contributed by atoms with E-state index in [4.69, 9.17) is 4.74 Å². The number of rotatable bonds is 10. The molecule has 0 fully saturated rings. The van der Waals surface area contributed by atoms with Gasteiger partial charge in [-0.2, -0.15) is 0 Å². The second kappa shape index (κ2) is 11.7. The van der Waals surface area contributed by atoms with Crippen molar-refractivity contribution in [3.63, 3.8) is 0 Å². The molecule has 3 aromatic carbocycles. The molecule has 0 aliphatic rings. The predicted octanol–water partition coefficient (Wildman–Crippen LogP) is 4.01. The van der Waals surface area contributed by atoms with Gasteiger partial charge in [0.1, 0.15) is 11.8 Å². The molecule has 1 N–H and O–H groups in total. The number of hydrogen-bond acceptors (Lipinski definition) is 3. The molecule has 0 heterocycles. The zero-order valence-electron chi connectivity index (χ0n) is 18.7. The molecule has 3 rings (SSSR count). The van der Waals surface area contributed by atoms with Gasteiger partial charge in [0.25, 0.3) is 0 Å². The number of ether oxygens (including phenoxy) is 1. The van der Waals surface area contributed by atoms with Crippen molar-refractivity contribution >= 4 is 11.8 Å². The smallest absolute Gasteiger partial charge is 0.243 e. The average Bonchev–Trinajstić information content (AvgIpc) is 2.83. The van der Waals surface area contributed by atoms with Crippen LogP contribution >= 0.6 is 0 Å². The summed E-state index contributed by atoms with van der Waals surface area (Å²) in [6, 6.07) is 26.8. The molecule has 0 saturated carbocycles. The highest BCUT2D eigenvalue weighted by Crippen LogP contribution is 2.15. The van der Waals surface area contributed by atoms with E-state index in [9.17, 15) is 9.59 Å². The van der Waals surface area contributed by atoms with Crippen molar-refractivity contribution in [2.75, 3.05) is 13.7 Å². The third-order valence-electron chi connectivity index (χ3n) is 5.42. The van der Waals surface area contributed by atoms with E-state index in [0.717, 1.165) is 22.4 Å². The van der Waals surface area contributed by atoms with Gasteiger partial charge in [0.15, 0.2) is 0 Å². The number of benzene rings is 3. The van der Waals surface area contributed by atoms with Gasteiger partial charge in [0.2, 0.25) is 11.8 Å². The Morgan fingerprint density at radius 3 is 2.00 bits per heavy atom. The summed E-state index contributed by atoms with van der Waals surface area (Å²) in [7, 11) is 1.64. The largest absolute Gasteiger partial charge is 0.497 e. The molecule has 3 aromatic rings. The lowest BCUT2D eigenvalue weighted by Gasteiger charge is -2.30. The average molecular weight is 431 g/mol. The lowest BCUT2D eigenvalue weighted by atomic mass is 10.0. The first-order valence-electron chi connectivity index (χ1n) is 10.8. The Morgan fingerprint density at radius 2 is 1.44 bits per heavy atom. The topological polar surface area (TPSA) is 58.6 Å². The Labute approximate surface area is 190 Å². The molecule has 2 amide bonds. The van der Waals surface area contributed by atoms with Gasteiger partial charge >= 0.3 is 0 Å². The molecule has 0 aromatic heterocycles. The van der Waals surface area contributed by atoms with Crippen molar-refractivity contribution in [1.29, 1.82) is 0 Å². The SMILES string of the molecule is COc1ccc(CCNC(=O)[C@H](Cc2ccccc2)N(Cc2ccccc2)C(C)=O)cc1. The van der Waals surface area contributed by atoms with Crippen LogP contribution in [0, 0.1) is 0 Å². The molecular formula is C27H30N2O3. The predicted molar refractivity (Wildman–Crippen MR) is 126 cm³/mol. The van der Waals surface area contributed by atoms with Gasteiger partial charge in [0, 0.05) is 26.4 Å². The summed E-state index contributed by atoms with van der Waals surface area (Å²) in [5, 5.41) is 3.04. The Bertz CT molecular complexity index is 988. The molecule has 0 radical (unpaired) electrons. The van der Waals surface area contributed by atoms with Gasteiger partial charge in [-0.3, -0.25) is 9.59 Å². The van der Waals surface area contributed by atoms with E-state index < -0.39 is 6.04 Å². The monoisotopic (exact) mass is 430 g/mol. The van der Waals surface area contributed by atoms with Crippen molar-refractivity contribution < 1.29 is 14.3 Å². The van der Waals surface area contributed by atoms with Gasteiger partial charge in [-0.15, -0.1) is 0 Å². The van der Waals surface area contributed by atoms with Crippen molar-refractivity contribution in [1.82, 2.24) is 10.2 Å². The summed E-state index contributed by atoms with van der Waals surface area (Å²) in [5.74, 6) is 0.535. The summed E-state index contributed by atoms with van der Waals surface area (Å²) in [4.78, 5) is 27.5. The third kappa shape index (κ3) is 6.71. The molecule has 0 bridgehead atoms. The van der Waals surface area contributed by atoms with Gasteiger partial charge in [-0.25, -0.2) is 0 Å². The van der Waals surface area contributed by atoms with E-state index in [1.807, 2.05) is 84.9 Å². The minimum absolute atomic E-state index is 0.125. The third-order valence-corrected chi connectivity index (χ3v) is 5.42. The van der Waals surface area contributed by atoms with Crippen LogP contribution in [0.2, 0.25) is 0 Å². The molecule has 5 heteroatoms. The van der Waals surface area contributed by atoms with E-state index >= 15 is 0 Å². The van der Waals surface area contributed by atoms with Crippen LogP contribution in [0.25, 0.3) is 0 Å². The van der Waals surface area contributed by atoms with Crippen LogP contribution in [0.1, 0.15) is 23.6 Å². The van der Waals surface area contributed by atoms with Crippen LogP contribution < -0.4 is 10.1 Å². The fraction of sp³-hybridized carbons (Fsp3) is 0.259. The highest BCUT2D eigenvalue weighted by molar-refractivity contribution is 5.87. The van der Waals surface area contributed by atoms with Crippen LogP contribution in [0.5, 0.6) is 5.75 Å². The van der Waals surface area contributed by atoms with Crippen LogP contribution in [0.3, 0.4) is 0 Å². The number of methoxy groups -OCH3 is 1. The minimum atomic E-state index is -0.592. The number of nitrogens with zero attached hydrogens (tertiary/aromatic N) is 1. The highest BCUT2D eigenvalue weighted by atomic mass is 16.5. The summed E-state index contributed by atoms with van der Waals surface area (Å²) in [5.41, 5.74) is 3.12. The second-order valence-corrected chi connectivity index (χ2v) is 7.73. The first-order valence-corrected chi connectivity index (χ1v) is 10.8. The molecule has 0 spiro atoms. The van der Waals surface area contributed by atoms with E-state index in [1.165, 1.54) is 6.92 Å². The number of amides is 2. The summed E-state index contributed by atoms with van der Waals surface area (Å²) in [6.45, 7) is 2.40. The Kier molecular flexibility index (Phi) is 8.44. The molecule has 32 heavy (non-hydrogen) atoms. The number of carbonyl (C=O) groups is 2. The Hall–Kier alpha value is -3.60. The van der Waals surface area contributed by atoms with Gasteiger partial charge in [-0.1, -0.05) is 72.8 Å². The molecule has 1 atom stereocenters. The van der Waals surface area contributed by atoms with Crippen molar-refractivity contribution in [2.45, 2.75) is 32.4 Å². The van der Waals surface area contributed by atoms with Crippen LogP contribution in [-0.4, -0.2) is 36.4 Å². The minimum Gasteiger partial charge on any atom is -0.497 e. The summed E-state index contributed by atoms with van der Waals surface area (Å²) in [6.07, 6.45) is 1.16. The maximum atomic E-state index is 13.2. The number of nitrogens with one attached hydrogen (secondary N) is 1. The molecule has 0 unspecified atom stereocenters. The Morgan fingerprint density at radius 1 is 0.844 bits per heavy atom. The van der Waals surface area contributed by atoms with E-state index in [-0.39, 0.29) is 11.8 Å². The zero-order valence-corrected chi connectivity index (χ0v) is 18.7. The molecule has 0 aliphatic heterocycles. The summed E-state index contributed by atoms with van der Waals surface area (Å²) < 4.78 is 5.19. The molecular weight excluding hydrogens is 400 g/mol. The van der Waals surface area contributed by atoms with Gasteiger partial charge in [0.05, 0.1) is 7.11 Å².